The fraction of sp³-hybridized carbons (Fsp3) is 0.0833. The van der Waals surface area contributed by atoms with Gasteiger partial charge in [0.2, 0.25) is 23.1 Å². The molecule has 8 heteroatoms. The molecule has 0 radical (unpaired) electrons. The lowest BCUT2D eigenvalue weighted by Crippen LogP contribution is -2.27. The standard InChI is InChI=1S/C12H8O8/c1-2(13)3-6(14)4-5(8(16)7(3)15)10(18)12(20)11(19)9(4)17/h14,17-20H,1H3. The molecule has 0 aromatic heterocycles. The zero-order valence-corrected chi connectivity index (χ0v) is 9.96. The zero-order valence-electron chi connectivity index (χ0n) is 9.96. The van der Waals surface area contributed by atoms with Gasteiger partial charge in [0.15, 0.2) is 17.3 Å². The number of aromatic hydroxyl groups is 4. The van der Waals surface area contributed by atoms with E-state index in [-0.39, 0.29) is 0 Å². The van der Waals surface area contributed by atoms with Crippen LogP contribution in [0.15, 0.2) is 5.57 Å². The highest BCUT2D eigenvalue weighted by atomic mass is 16.3. The minimum atomic E-state index is -1.40. The lowest BCUT2D eigenvalue weighted by Gasteiger charge is -2.19. The summed E-state index contributed by atoms with van der Waals surface area (Å²) in [7, 11) is 0. The van der Waals surface area contributed by atoms with E-state index in [0.29, 0.717) is 0 Å². The molecule has 5 N–H and O–H groups in total. The van der Waals surface area contributed by atoms with E-state index in [1.165, 1.54) is 0 Å². The Bertz CT molecular complexity index is 726. The molecule has 0 spiro atoms. The molecule has 0 fully saturated rings. The summed E-state index contributed by atoms with van der Waals surface area (Å²) < 4.78 is 0. The third-order valence-corrected chi connectivity index (χ3v) is 2.88. The van der Waals surface area contributed by atoms with E-state index in [9.17, 15) is 39.9 Å². The Hall–Kier alpha value is -3.03. The second-order valence-corrected chi connectivity index (χ2v) is 4.08. The molecule has 1 aliphatic carbocycles. The number of aliphatic hydroxyl groups excluding tert-OH is 1. The summed E-state index contributed by atoms with van der Waals surface area (Å²) in [6.45, 7) is 0.916. The van der Waals surface area contributed by atoms with Gasteiger partial charge in [-0.3, -0.25) is 14.4 Å². The van der Waals surface area contributed by atoms with Gasteiger partial charge >= 0.3 is 0 Å². The van der Waals surface area contributed by atoms with Gasteiger partial charge in [-0.15, -0.1) is 0 Å². The van der Waals surface area contributed by atoms with Crippen LogP contribution in [0.3, 0.4) is 0 Å². The Morgan fingerprint density at radius 1 is 0.750 bits per heavy atom. The summed E-state index contributed by atoms with van der Waals surface area (Å²) in [5, 5.41) is 47.7. The molecule has 1 aromatic carbocycles. The number of phenolic OH excluding ortho intramolecular Hbond substituents is 4. The van der Waals surface area contributed by atoms with Crippen LogP contribution in [-0.2, 0) is 9.59 Å². The molecule has 1 aliphatic rings. The first-order chi connectivity index (χ1) is 9.20. The molecule has 2 rings (SSSR count). The number of rotatable bonds is 1. The highest BCUT2D eigenvalue weighted by molar-refractivity contribution is 6.58. The molecule has 1 aromatic rings. The molecule has 0 bridgehead atoms. The molecule has 0 aliphatic heterocycles. The second kappa shape index (κ2) is 3.98. The number of carbonyl (C=O) groups excluding carboxylic acids is 3. The number of carbonyl (C=O) groups is 3. The van der Waals surface area contributed by atoms with Gasteiger partial charge in [-0.2, -0.15) is 0 Å². The monoisotopic (exact) mass is 280 g/mol. The van der Waals surface area contributed by atoms with Gasteiger partial charge in [-0.25, -0.2) is 0 Å². The van der Waals surface area contributed by atoms with Crippen LogP contribution >= 0.6 is 0 Å². The van der Waals surface area contributed by atoms with Crippen LogP contribution in [0.2, 0.25) is 0 Å². The highest BCUT2D eigenvalue weighted by Gasteiger charge is 2.41. The summed E-state index contributed by atoms with van der Waals surface area (Å²) in [6, 6.07) is 0. The first kappa shape index (κ1) is 13.4. The maximum Gasteiger partial charge on any atom is 0.241 e. The molecule has 0 heterocycles. The Kier molecular flexibility index (Phi) is 2.67. The number of fused-ring (bicyclic) bond motifs is 1. The Morgan fingerprint density at radius 3 is 1.65 bits per heavy atom. The van der Waals surface area contributed by atoms with Crippen LogP contribution in [0, 0.1) is 0 Å². The minimum absolute atomic E-state index is 0.785. The predicted molar refractivity (Wildman–Crippen MR) is 62.7 cm³/mol. The average Bonchev–Trinajstić information content (AvgIpc) is 2.37. The highest BCUT2D eigenvalue weighted by Crippen LogP contribution is 2.51. The minimum Gasteiger partial charge on any atom is -0.506 e. The number of aliphatic hydroxyl groups is 1. The summed E-state index contributed by atoms with van der Waals surface area (Å²) in [5.41, 5.74) is -2.54. The van der Waals surface area contributed by atoms with Crippen molar-refractivity contribution in [1.29, 1.82) is 0 Å². The van der Waals surface area contributed by atoms with E-state index in [4.69, 9.17) is 0 Å². The van der Waals surface area contributed by atoms with Crippen molar-refractivity contribution in [2.24, 2.45) is 0 Å². The van der Waals surface area contributed by atoms with Gasteiger partial charge in [0.05, 0.1) is 11.1 Å². The van der Waals surface area contributed by atoms with E-state index < -0.39 is 62.8 Å². The van der Waals surface area contributed by atoms with Crippen molar-refractivity contribution in [3.8, 4) is 23.0 Å². The predicted octanol–water partition coefficient (Wildman–Crippen LogP) is 0.132. The van der Waals surface area contributed by atoms with Crippen molar-refractivity contribution < 1.29 is 39.9 Å². The molecule has 0 saturated carbocycles. The second-order valence-electron chi connectivity index (χ2n) is 4.08. The molecule has 0 atom stereocenters. The van der Waals surface area contributed by atoms with E-state index in [0.717, 1.165) is 6.92 Å². The maximum atomic E-state index is 11.8. The van der Waals surface area contributed by atoms with Crippen molar-refractivity contribution in [3.63, 3.8) is 0 Å². The Labute approximate surface area is 110 Å². The van der Waals surface area contributed by atoms with Crippen LogP contribution in [0.5, 0.6) is 23.0 Å². The summed E-state index contributed by atoms with van der Waals surface area (Å²) in [6.07, 6.45) is 0. The van der Waals surface area contributed by atoms with Crippen molar-refractivity contribution in [2.75, 3.05) is 0 Å². The van der Waals surface area contributed by atoms with Gasteiger partial charge < -0.3 is 25.5 Å². The fourth-order valence-electron chi connectivity index (χ4n) is 1.94. The summed E-state index contributed by atoms with van der Waals surface area (Å²) >= 11 is 0. The van der Waals surface area contributed by atoms with Crippen LogP contribution in [-0.4, -0.2) is 42.9 Å². The molecule has 0 amide bonds. The maximum absolute atomic E-state index is 11.8. The number of ketones is 3. The van der Waals surface area contributed by atoms with E-state index in [1.54, 1.807) is 0 Å². The average molecular weight is 280 g/mol. The van der Waals surface area contributed by atoms with Crippen LogP contribution in [0.1, 0.15) is 22.8 Å². The molecule has 104 valence electrons. The third kappa shape index (κ3) is 1.44. The first-order valence-corrected chi connectivity index (χ1v) is 5.23. The van der Waals surface area contributed by atoms with Gasteiger partial charge in [-0.1, -0.05) is 0 Å². The number of benzene rings is 1. The van der Waals surface area contributed by atoms with Crippen molar-refractivity contribution in [1.82, 2.24) is 0 Å². The van der Waals surface area contributed by atoms with Crippen molar-refractivity contribution in [3.05, 3.63) is 16.7 Å². The largest absolute Gasteiger partial charge is 0.506 e. The van der Waals surface area contributed by atoms with Crippen LogP contribution < -0.4 is 0 Å². The topological polar surface area (TPSA) is 152 Å². The normalized spacial score (nSPS) is 14.4. The van der Waals surface area contributed by atoms with E-state index in [1.807, 2.05) is 0 Å². The van der Waals surface area contributed by atoms with Gasteiger partial charge in [0.25, 0.3) is 0 Å². The first-order valence-electron chi connectivity index (χ1n) is 5.23. The smallest absolute Gasteiger partial charge is 0.241 e. The summed E-state index contributed by atoms with van der Waals surface area (Å²) in [4.78, 5) is 34.8. The molecule has 0 saturated heterocycles. The molecular formula is C12H8O8. The third-order valence-electron chi connectivity index (χ3n) is 2.88. The lowest BCUT2D eigenvalue weighted by atomic mass is 9.85. The lowest BCUT2D eigenvalue weighted by molar-refractivity contribution is -0.118. The van der Waals surface area contributed by atoms with Crippen LogP contribution in [0.25, 0.3) is 5.76 Å². The van der Waals surface area contributed by atoms with Gasteiger partial charge in [0, 0.05) is 0 Å². The number of phenols is 4. The fourth-order valence-corrected chi connectivity index (χ4v) is 1.94. The van der Waals surface area contributed by atoms with Crippen molar-refractivity contribution >= 4 is 23.1 Å². The number of hydrogen-bond donors (Lipinski definition) is 5. The number of allylic oxidation sites excluding steroid dienone is 1. The Morgan fingerprint density at radius 2 is 1.20 bits per heavy atom. The van der Waals surface area contributed by atoms with Crippen molar-refractivity contribution in [2.45, 2.75) is 6.92 Å². The quantitative estimate of drug-likeness (QED) is 0.210. The van der Waals surface area contributed by atoms with Gasteiger partial charge in [0.1, 0.15) is 11.3 Å². The number of Topliss-reactive ketones (excluding diaryl/α,β-unsaturated/α-hetero) is 3. The van der Waals surface area contributed by atoms with Crippen LogP contribution in [0.4, 0.5) is 0 Å². The van der Waals surface area contributed by atoms with E-state index in [2.05, 4.69) is 0 Å². The van der Waals surface area contributed by atoms with Gasteiger partial charge in [-0.05, 0) is 6.92 Å². The molecule has 0 unspecified atom stereocenters. The SMILES string of the molecule is CC(=O)C1=C(O)c2c(O)c(O)c(O)c(O)c2C(=O)C1=O. The zero-order chi connectivity index (χ0) is 15.4. The number of hydrogen-bond acceptors (Lipinski definition) is 8. The van der Waals surface area contributed by atoms with E-state index >= 15 is 0 Å². The molecule has 20 heavy (non-hydrogen) atoms. The molecular weight excluding hydrogens is 272 g/mol. The molecule has 8 nitrogen and oxygen atoms in total. The summed E-state index contributed by atoms with van der Waals surface area (Å²) in [5.74, 6) is -9.50. The Balaban J connectivity index is 3.02.